The van der Waals surface area contributed by atoms with E-state index in [0.717, 1.165) is 25.1 Å². The van der Waals surface area contributed by atoms with Gasteiger partial charge in [-0.05, 0) is 38.0 Å². The monoisotopic (exact) mass is 242 g/mol. The van der Waals surface area contributed by atoms with Crippen LogP contribution in [0.4, 0.5) is 10.1 Å². The van der Waals surface area contributed by atoms with E-state index >= 15 is 0 Å². The average Bonchev–Trinajstić information content (AvgIpc) is 2.22. The predicted molar refractivity (Wildman–Crippen MR) is 65.4 cm³/mol. The van der Waals surface area contributed by atoms with Gasteiger partial charge in [0.05, 0.1) is 5.02 Å². The molecule has 1 heterocycles. The quantitative estimate of drug-likeness (QED) is 0.821. The van der Waals surface area contributed by atoms with Crippen molar-refractivity contribution in [2.24, 2.45) is 5.73 Å². The molecule has 1 aromatic carbocycles. The maximum absolute atomic E-state index is 13.4. The molecule has 1 fully saturated rings. The van der Waals surface area contributed by atoms with Crippen LogP contribution in [0, 0.1) is 5.82 Å². The molecule has 0 spiro atoms. The molecule has 1 saturated heterocycles. The highest BCUT2D eigenvalue weighted by Crippen LogP contribution is 2.27. The van der Waals surface area contributed by atoms with E-state index in [9.17, 15) is 4.39 Å². The lowest BCUT2D eigenvalue weighted by molar-refractivity contribution is 0.429. The summed E-state index contributed by atoms with van der Waals surface area (Å²) >= 11 is 5.67. The van der Waals surface area contributed by atoms with Crippen LogP contribution in [0.1, 0.15) is 19.8 Å². The van der Waals surface area contributed by atoms with Gasteiger partial charge in [-0.3, -0.25) is 0 Å². The van der Waals surface area contributed by atoms with E-state index in [0.29, 0.717) is 6.04 Å². The van der Waals surface area contributed by atoms with E-state index in [1.165, 1.54) is 6.07 Å². The number of nitrogens with zero attached hydrogens (tertiary/aromatic N) is 1. The number of hydrogen-bond acceptors (Lipinski definition) is 2. The van der Waals surface area contributed by atoms with Gasteiger partial charge in [-0.1, -0.05) is 11.6 Å². The first-order chi connectivity index (χ1) is 7.58. The minimum Gasteiger partial charge on any atom is -0.369 e. The van der Waals surface area contributed by atoms with Gasteiger partial charge in [0, 0.05) is 24.3 Å². The smallest absolute Gasteiger partial charge is 0.143 e. The number of hydrogen-bond donors (Lipinski definition) is 1. The fourth-order valence-electron chi connectivity index (χ4n) is 2.26. The molecular weight excluding hydrogens is 227 g/mol. The van der Waals surface area contributed by atoms with E-state index in [1.807, 2.05) is 6.07 Å². The standard InChI is InChI=1S/C12H16ClFN2/c1-8-6-9(15)4-5-16(8)10-2-3-11(13)12(14)7-10/h2-3,7-9H,4-6,15H2,1H3. The molecule has 0 aromatic heterocycles. The highest BCUT2D eigenvalue weighted by Gasteiger charge is 2.23. The molecular formula is C12H16ClFN2. The summed E-state index contributed by atoms with van der Waals surface area (Å²) in [5.41, 5.74) is 6.79. The molecule has 0 saturated carbocycles. The van der Waals surface area contributed by atoms with Gasteiger partial charge in [-0.2, -0.15) is 0 Å². The topological polar surface area (TPSA) is 29.3 Å². The molecule has 1 aliphatic rings. The second-order valence-electron chi connectivity index (χ2n) is 4.43. The maximum Gasteiger partial charge on any atom is 0.143 e. The predicted octanol–water partition coefficient (Wildman–Crippen LogP) is 2.80. The molecule has 2 unspecified atom stereocenters. The largest absolute Gasteiger partial charge is 0.369 e. The Morgan fingerprint density at radius 1 is 1.50 bits per heavy atom. The maximum atomic E-state index is 13.4. The summed E-state index contributed by atoms with van der Waals surface area (Å²) in [4.78, 5) is 2.18. The van der Waals surface area contributed by atoms with Crippen LogP contribution in [-0.2, 0) is 0 Å². The Bertz CT molecular complexity index is 383. The minimum absolute atomic E-state index is 0.171. The molecule has 16 heavy (non-hydrogen) atoms. The van der Waals surface area contributed by atoms with Crippen molar-refractivity contribution in [1.82, 2.24) is 0 Å². The fraction of sp³-hybridized carbons (Fsp3) is 0.500. The summed E-state index contributed by atoms with van der Waals surface area (Å²) in [6.45, 7) is 2.99. The van der Waals surface area contributed by atoms with Crippen molar-refractivity contribution < 1.29 is 4.39 Å². The second-order valence-corrected chi connectivity index (χ2v) is 4.83. The molecule has 2 N–H and O–H groups in total. The molecule has 2 rings (SSSR count). The van der Waals surface area contributed by atoms with Gasteiger partial charge in [0.1, 0.15) is 5.82 Å². The third-order valence-electron chi connectivity index (χ3n) is 3.15. The Hall–Kier alpha value is -0.800. The van der Waals surface area contributed by atoms with Crippen LogP contribution < -0.4 is 10.6 Å². The third-order valence-corrected chi connectivity index (χ3v) is 3.46. The van der Waals surface area contributed by atoms with Gasteiger partial charge in [-0.15, -0.1) is 0 Å². The van der Waals surface area contributed by atoms with Gasteiger partial charge in [0.25, 0.3) is 0 Å². The van der Waals surface area contributed by atoms with Crippen molar-refractivity contribution in [3.8, 4) is 0 Å². The Morgan fingerprint density at radius 3 is 2.88 bits per heavy atom. The van der Waals surface area contributed by atoms with Crippen molar-refractivity contribution in [1.29, 1.82) is 0 Å². The van der Waals surface area contributed by atoms with E-state index in [-0.39, 0.29) is 16.9 Å². The van der Waals surface area contributed by atoms with Crippen LogP contribution in [0.5, 0.6) is 0 Å². The molecule has 1 aliphatic heterocycles. The van der Waals surface area contributed by atoms with Gasteiger partial charge >= 0.3 is 0 Å². The molecule has 0 amide bonds. The normalized spacial score (nSPS) is 25.9. The van der Waals surface area contributed by atoms with Crippen molar-refractivity contribution in [2.75, 3.05) is 11.4 Å². The van der Waals surface area contributed by atoms with Crippen LogP contribution in [0.3, 0.4) is 0 Å². The van der Waals surface area contributed by atoms with E-state index < -0.39 is 0 Å². The molecule has 2 atom stereocenters. The summed E-state index contributed by atoms with van der Waals surface area (Å²) in [5.74, 6) is -0.360. The van der Waals surface area contributed by atoms with E-state index in [2.05, 4.69) is 11.8 Å². The molecule has 0 bridgehead atoms. The van der Waals surface area contributed by atoms with Gasteiger partial charge in [0.2, 0.25) is 0 Å². The molecule has 0 aliphatic carbocycles. The number of anilines is 1. The minimum atomic E-state index is -0.360. The van der Waals surface area contributed by atoms with Gasteiger partial charge < -0.3 is 10.6 Å². The van der Waals surface area contributed by atoms with Crippen molar-refractivity contribution in [2.45, 2.75) is 31.8 Å². The average molecular weight is 243 g/mol. The first kappa shape index (κ1) is 11.7. The number of benzene rings is 1. The van der Waals surface area contributed by atoms with Crippen molar-refractivity contribution in [3.05, 3.63) is 29.0 Å². The van der Waals surface area contributed by atoms with Crippen LogP contribution in [0.15, 0.2) is 18.2 Å². The highest BCUT2D eigenvalue weighted by molar-refractivity contribution is 6.30. The fourth-order valence-corrected chi connectivity index (χ4v) is 2.37. The first-order valence-electron chi connectivity index (χ1n) is 5.55. The van der Waals surface area contributed by atoms with E-state index in [4.69, 9.17) is 17.3 Å². The van der Waals surface area contributed by atoms with Crippen LogP contribution in [0.2, 0.25) is 5.02 Å². The van der Waals surface area contributed by atoms with Crippen LogP contribution in [0.25, 0.3) is 0 Å². The first-order valence-corrected chi connectivity index (χ1v) is 5.93. The summed E-state index contributed by atoms with van der Waals surface area (Å²) in [6, 6.07) is 5.58. The Kier molecular flexibility index (Phi) is 3.36. The SMILES string of the molecule is CC1CC(N)CCN1c1ccc(Cl)c(F)c1. The molecule has 1 aromatic rings. The number of piperidine rings is 1. The second kappa shape index (κ2) is 4.60. The lowest BCUT2D eigenvalue weighted by atomic mass is 9.98. The highest BCUT2D eigenvalue weighted by atomic mass is 35.5. The molecule has 0 radical (unpaired) electrons. The number of nitrogens with two attached hydrogens (primary N) is 1. The molecule has 2 nitrogen and oxygen atoms in total. The summed E-state index contributed by atoms with van der Waals surface area (Å²) in [5, 5.41) is 0.171. The Balaban J connectivity index is 2.20. The molecule has 88 valence electrons. The lowest BCUT2D eigenvalue weighted by Crippen LogP contribution is -2.45. The van der Waals surface area contributed by atoms with Gasteiger partial charge in [-0.25, -0.2) is 4.39 Å². The zero-order valence-electron chi connectivity index (χ0n) is 9.29. The van der Waals surface area contributed by atoms with Crippen LogP contribution in [-0.4, -0.2) is 18.6 Å². The third kappa shape index (κ3) is 2.30. The van der Waals surface area contributed by atoms with E-state index in [1.54, 1.807) is 6.07 Å². The summed E-state index contributed by atoms with van der Waals surface area (Å²) in [6.07, 6.45) is 1.90. The molecule has 4 heteroatoms. The summed E-state index contributed by atoms with van der Waals surface area (Å²) < 4.78 is 13.4. The lowest BCUT2D eigenvalue weighted by Gasteiger charge is -2.38. The Labute approximate surface area is 100 Å². The summed E-state index contributed by atoms with van der Waals surface area (Å²) in [7, 11) is 0. The van der Waals surface area contributed by atoms with Crippen molar-refractivity contribution >= 4 is 17.3 Å². The van der Waals surface area contributed by atoms with Gasteiger partial charge in [0.15, 0.2) is 0 Å². The van der Waals surface area contributed by atoms with Crippen molar-refractivity contribution in [3.63, 3.8) is 0 Å². The zero-order valence-corrected chi connectivity index (χ0v) is 10.0. The Morgan fingerprint density at radius 2 is 2.25 bits per heavy atom. The number of rotatable bonds is 1. The zero-order chi connectivity index (χ0) is 11.7. The number of halogens is 2. The van der Waals surface area contributed by atoms with Crippen LogP contribution >= 0.6 is 11.6 Å².